The number of hydrogen-bond donors (Lipinski definition) is 2. The van der Waals surface area contributed by atoms with Gasteiger partial charge < -0.3 is 10.6 Å². The first kappa shape index (κ1) is 21.6. The third kappa shape index (κ3) is 6.36. The Balaban J connectivity index is 0.00000123. The number of carbonyl (C=O) groups is 1. The van der Waals surface area contributed by atoms with Crippen LogP contribution in [0.5, 0.6) is 0 Å². The molecule has 5 nitrogen and oxygen atoms in total. The standard InChI is InChI=1S/C15H18N4O.2C2H6/c1-3-11(5-7-16-4-2)19-14-10-17-9-13-12(14)6-8-18-15(13)20;2*1-2/h3-5,7,9-10,19H,6,8H2,1-2H3,(H,18,20);2*1-2H3/b7-5-,11-3+,16-4?;;. The van der Waals surface area contributed by atoms with Crippen molar-refractivity contribution in [2.75, 3.05) is 11.9 Å². The average Bonchev–Trinajstić information content (AvgIpc) is 2.65. The molecule has 0 atom stereocenters. The lowest BCUT2D eigenvalue weighted by atomic mass is 10.0. The van der Waals surface area contributed by atoms with Crippen LogP contribution in [0.1, 0.15) is 57.5 Å². The summed E-state index contributed by atoms with van der Waals surface area (Å²) in [5.74, 6) is -0.0597. The first-order chi connectivity index (χ1) is 11.8. The number of fused-ring (bicyclic) bond motifs is 1. The molecule has 24 heavy (non-hydrogen) atoms. The second-order valence-electron chi connectivity index (χ2n) is 4.31. The van der Waals surface area contributed by atoms with E-state index in [1.807, 2.05) is 53.7 Å². The van der Waals surface area contributed by atoms with E-state index in [1.54, 1.807) is 24.8 Å². The van der Waals surface area contributed by atoms with Crippen molar-refractivity contribution in [1.29, 1.82) is 0 Å². The predicted octanol–water partition coefficient (Wildman–Crippen LogP) is 4.34. The number of nitrogens with zero attached hydrogens (tertiary/aromatic N) is 2. The number of hydrogen-bond acceptors (Lipinski definition) is 4. The van der Waals surface area contributed by atoms with Gasteiger partial charge in [0, 0.05) is 30.9 Å². The van der Waals surface area contributed by atoms with Gasteiger partial charge in [-0.3, -0.25) is 14.8 Å². The highest BCUT2D eigenvalue weighted by molar-refractivity contribution is 5.97. The molecule has 0 saturated heterocycles. The van der Waals surface area contributed by atoms with Gasteiger partial charge in [-0.15, -0.1) is 0 Å². The van der Waals surface area contributed by atoms with Gasteiger partial charge in [-0.05, 0) is 31.9 Å². The number of rotatable bonds is 4. The number of allylic oxidation sites excluding steroid dienone is 2. The molecule has 0 saturated carbocycles. The molecule has 1 aliphatic heterocycles. The number of pyridine rings is 1. The quantitative estimate of drug-likeness (QED) is 0.637. The summed E-state index contributed by atoms with van der Waals surface area (Å²) in [6.07, 6.45) is 11.4. The summed E-state index contributed by atoms with van der Waals surface area (Å²) in [6.45, 7) is 12.5. The summed E-state index contributed by atoms with van der Waals surface area (Å²) < 4.78 is 0. The fourth-order valence-electron chi connectivity index (χ4n) is 2.03. The van der Waals surface area contributed by atoms with Crippen molar-refractivity contribution in [3.05, 3.63) is 47.6 Å². The van der Waals surface area contributed by atoms with Crippen LogP contribution in [-0.2, 0) is 6.42 Å². The Labute approximate surface area is 146 Å². The van der Waals surface area contributed by atoms with Crippen molar-refractivity contribution in [3.8, 4) is 0 Å². The molecule has 0 aliphatic carbocycles. The number of aliphatic imine (C=N–C) groups is 1. The first-order valence-corrected chi connectivity index (χ1v) is 8.59. The molecule has 1 aromatic heterocycles. The van der Waals surface area contributed by atoms with Crippen molar-refractivity contribution in [2.45, 2.75) is 48.0 Å². The van der Waals surface area contributed by atoms with Gasteiger partial charge in [-0.1, -0.05) is 33.8 Å². The molecule has 1 aromatic rings. The minimum Gasteiger partial charge on any atom is -0.354 e. The number of nitrogens with one attached hydrogen (secondary N) is 2. The van der Waals surface area contributed by atoms with E-state index in [0.717, 1.165) is 23.4 Å². The van der Waals surface area contributed by atoms with E-state index < -0.39 is 0 Å². The fourth-order valence-corrected chi connectivity index (χ4v) is 2.03. The third-order valence-electron chi connectivity index (χ3n) is 3.04. The van der Waals surface area contributed by atoms with Gasteiger partial charge in [-0.2, -0.15) is 0 Å². The number of amides is 1. The Bertz CT molecular complexity index is 589. The lowest BCUT2D eigenvalue weighted by Crippen LogP contribution is -2.32. The average molecular weight is 330 g/mol. The van der Waals surface area contributed by atoms with Crippen LogP contribution in [0, 0.1) is 0 Å². The molecule has 2 heterocycles. The molecule has 2 N–H and O–H groups in total. The first-order valence-electron chi connectivity index (χ1n) is 8.59. The molecule has 5 heteroatoms. The minimum atomic E-state index is -0.0597. The molecule has 0 aromatic carbocycles. The second kappa shape index (κ2) is 13.0. The molecule has 0 unspecified atom stereocenters. The summed E-state index contributed by atoms with van der Waals surface area (Å²) in [5.41, 5.74) is 3.44. The summed E-state index contributed by atoms with van der Waals surface area (Å²) in [6, 6.07) is 0. The fraction of sp³-hybridized carbons (Fsp3) is 0.421. The maximum atomic E-state index is 11.8. The number of carbonyl (C=O) groups excluding carboxylic acids is 1. The SMILES string of the molecule is CC.CC.CC=N/C=C\C(=C/C)Nc1cncc2c1CCNC2=O. The Morgan fingerprint density at radius 3 is 2.58 bits per heavy atom. The van der Waals surface area contributed by atoms with Gasteiger partial charge in [0.25, 0.3) is 5.91 Å². The molecular weight excluding hydrogens is 300 g/mol. The minimum absolute atomic E-state index is 0.0597. The van der Waals surface area contributed by atoms with E-state index in [0.29, 0.717) is 12.1 Å². The zero-order valence-corrected chi connectivity index (χ0v) is 15.7. The summed E-state index contributed by atoms with van der Waals surface area (Å²) in [4.78, 5) is 19.9. The van der Waals surface area contributed by atoms with Crippen molar-refractivity contribution < 1.29 is 4.79 Å². The van der Waals surface area contributed by atoms with Gasteiger partial charge in [0.15, 0.2) is 0 Å². The molecule has 0 radical (unpaired) electrons. The van der Waals surface area contributed by atoms with Crippen molar-refractivity contribution in [1.82, 2.24) is 10.3 Å². The van der Waals surface area contributed by atoms with E-state index in [4.69, 9.17) is 0 Å². The van der Waals surface area contributed by atoms with Gasteiger partial charge in [0.2, 0.25) is 0 Å². The lowest BCUT2D eigenvalue weighted by Gasteiger charge is -2.20. The monoisotopic (exact) mass is 330 g/mol. The molecule has 132 valence electrons. The van der Waals surface area contributed by atoms with Crippen molar-refractivity contribution in [3.63, 3.8) is 0 Å². The van der Waals surface area contributed by atoms with E-state index in [9.17, 15) is 4.79 Å². The lowest BCUT2D eigenvalue weighted by molar-refractivity contribution is 0.0945. The topological polar surface area (TPSA) is 66.4 Å². The maximum Gasteiger partial charge on any atom is 0.253 e. The Morgan fingerprint density at radius 1 is 1.25 bits per heavy atom. The van der Waals surface area contributed by atoms with Crippen LogP contribution < -0.4 is 10.6 Å². The number of anilines is 1. The Hall–Kier alpha value is -2.43. The highest BCUT2D eigenvalue weighted by atomic mass is 16.1. The van der Waals surface area contributed by atoms with Crippen LogP contribution >= 0.6 is 0 Å². The van der Waals surface area contributed by atoms with Gasteiger partial charge in [0.05, 0.1) is 17.4 Å². The normalized spacial score (nSPS) is 13.4. The predicted molar refractivity (Wildman–Crippen MR) is 104 cm³/mol. The van der Waals surface area contributed by atoms with Crippen molar-refractivity contribution in [2.24, 2.45) is 4.99 Å². The second-order valence-corrected chi connectivity index (χ2v) is 4.31. The van der Waals surface area contributed by atoms with Crippen LogP contribution in [0.3, 0.4) is 0 Å². The Kier molecular flexibility index (Phi) is 11.7. The van der Waals surface area contributed by atoms with Gasteiger partial charge in [-0.25, -0.2) is 0 Å². The summed E-state index contributed by atoms with van der Waals surface area (Å²) >= 11 is 0. The number of aromatic nitrogens is 1. The molecule has 1 aliphatic rings. The Morgan fingerprint density at radius 2 is 1.96 bits per heavy atom. The van der Waals surface area contributed by atoms with Crippen LogP contribution in [-0.4, -0.2) is 23.7 Å². The molecule has 0 bridgehead atoms. The highest BCUT2D eigenvalue weighted by Crippen LogP contribution is 2.23. The molecule has 0 spiro atoms. The van der Waals surface area contributed by atoms with Gasteiger partial charge in [0.1, 0.15) is 0 Å². The molecule has 0 fully saturated rings. The van der Waals surface area contributed by atoms with E-state index >= 15 is 0 Å². The summed E-state index contributed by atoms with van der Waals surface area (Å²) in [5, 5.41) is 6.11. The van der Waals surface area contributed by atoms with Crippen LogP contribution in [0.15, 0.2) is 41.4 Å². The van der Waals surface area contributed by atoms with E-state index in [-0.39, 0.29) is 5.91 Å². The van der Waals surface area contributed by atoms with Gasteiger partial charge >= 0.3 is 0 Å². The largest absolute Gasteiger partial charge is 0.354 e. The third-order valence-corrected chi connectivity index (χ3v) is 3.04. The zero-order chi connectivity index (χ0) is 18.4. The molecule has 2 rings (SSSR count). The highest BCUT2D eigenvalue weighted by Gasteiger charge is 2.19. The zero-order valence-electron chi connectivity index (χ0n) is 15.7. The van der Waals surface area contributed by atoms with Crippen LogP contribution in [0.4, 0.5) is 5.69 Å². The van der Waals surface area contributed by atoms with Crippen molar-refractivity contribution >= 4 is 17.8 Å². The smallest absolute Gasteiger partial charge is 0.253 e. The van der Waals surface area contributed by atoms with Crippen LogP contribution in [0.2, 0.25) is 0 Å². The molecule has 1 amide bonds. The van der Waals surface area contributed by atoms with E-state index in [1.165, 1.54) is 0 Å². The summed E-state index contributed by atoms with van der Waals surface area (Å²) in [7, 11) is 0. The van der Waals surface area contributed by atoms with Crippen LogP contribution in [0.25, 0.3) is 0 Å². The van der Waals surface area contributed by atoms with E-state index in [2.05, 4.69) is 20.6 Å². The molecular formula is C19H30N4O. The maximum absolute atomic E-state index is 11.8.